The van der Waals surface area contributed by atoms with Crippen LogP contribution in [0.1, 0.15) is 12.0 Å². The standard InChI is InChI=1S/C22H24BrN3O2/c23-20-9-5-4-6-18(20)10-11-21(27)24-13-12-22(28)26-16-14-25(15-17-26)19-7-2-1-3-8-19/h1-11H,12-17H2,(H,24,27)/b11-10+. The van der Waals surface area contributed by atoms with Gasteiger partial charge in [-0.05, 0) is 29.8 Å². The van der Waals surface area contributed by atoms with Crippen LogP contribution in [0.5, 0.6) is 0 Å². The largest absolute Gasteiger partial charge is 0.368 e. The van der Waals surface area contributed by atoms with Gasteiger partial charge in [-0.2, -0.15) is 0 Å². The Morgan fingerprint density at radius 1 is 0.964 bits per heavy atom. The average molecular weight is 442 g/mol. The van der Waals surface area contributed by atoms with Crippen LogP contribution in [0.3, 0.4) is 0 Å². The minimum absolute atomic E-state index is 0.0859. The first kappa shape index (κ1) is 20.1. The van der Waals surface area contributed by atoms with E-state index in [1.165, 1.54) is 11.8 Å². The van der Waals surface area contributed by atoms with Gasteiger partial charge in [0.05, 0.1) is 0 Å². The van der Waals surface area contributed by atoms with Crippen molar-refractivity contribution in [3.8, 4) is 0 Å². The molecule has 1 fully saturated rings. The molecule has 3 rings (SSSR count). The fourth-order valence-corrected chi connectivity index (χ4v) is 3.56. The van der Waals surface area contributed by atoms with Crippen LogP contribution in [-0.2, 0) is 9.59 Å². The summed E-state index contributed by atoms with van der Waals surface area (Å²) in [4.78, 5) is 28.5. The highest BCUT2D eigenvalue weighted by Crippen LogP contribution is 2.17. The van der Waals surface area contributed by atoms with Crippen LogP contribution in [0.15, 0.2) is 65.1 Å². The van der Waals surface area contributed by atoms with Crippen molar-refractivity contribution in [1.29, 1.82) is 0 Å². The number of hydrogen-bond donors (Lipinski definition) is 1. The Hall–Kier alpha value is -2.60. The summed E-state index contributed by atoms with van der Waals surface area (Å²) in [6.45, 7) is 3.43. The molecule has 0 radical (unpaired) electrons. The Labute approximate surface area is 174 Å². The molecule has 1 N–H and O–H groups in total. The number of para-hydroxylation sites is 1. The lowest BCUT2D eigenvalue weighted by Gasteiger charge is -2.36. The van der Waals surface area contributed by atoms with Crippen LogP contribution in [0, 0.1) is 0 Å². The molecule has 2 aromatic carbocycles. The summed E-state index contributed by atoms with van der Waals surface area (Å²) < 4.78 is 0.934. The van der Waals surface area contributed by atoms with Gasteiger partial charge in [-0.15, -0.1) is 0 Å². The van der Waals surface area contributed by atoms with E-state index in [4.69, 9.17) is 0 Å². The van der Waals surface area contributed by atoms with E-state index in [1.54, 1.807) is 6.08 Å². The first-order valence-corrected chi connectivity index (χ1v) is 10.2. The number of anilines is 1. The van der Waals surface area contributed by atoms with Crippen LogP contribution in [0.25, 0.3) is 6.08 Å². The predicted octanol–water partition coefficient (Wildman–Crippen LogP) is 3.32. The number of nitrogens with one attached hydrogen (secondary N) is 1. The second kappa shape index (κ2) is 10.1. The topological polar surface area (TPSA) is 52.7 Å². The molecule has 0 atom stereocenters. The van der Waals surface area contributed by atoms with Crippen LogP contribution in [-0.4, -0.2) is 49.4 Å². The lowest BCUT2D eigenvalue weighted by Crippen LogP contribution is -2.49. The van der Waals surface area contributed by atoms with E-state index in [0.717, 1.165) is 23.1 Å². The van der Waals surface area contributed by atoms with Crippen molar-refractivity contribution < 1.29 is 9.59 Å². The van der Waals surface area contributed by atoms with E-state index in [2.05, 4.69) is 38.3 Å². The van der Waals surface area contributed by atoms with Gasteiger partial charge >= 0.3 is 0 Å². The number of benzene rings is 2. The van der Waals surface area contributed by atoms with E-state index in [9.17, 15) is 9.59 Å². The highest BCUT2D eigenvalue weighted by Gasteiger charge is 2.20. The third-order valence-electron chi connectivity index (χ3n) is 4.71. The third kappa shape index (κ3) is 5.70. The van der Waals surface area contributed by atoms with Crippen LogP contribution >= 0.6 is 15.9 Å². The molecule has 1 aliphatic rings. The Kier molecular flexibility index (Phi) is 7.25. The van der Waals surface area contributed by atoms with Crippen LogP contribution in [0.2, 0.25) is 0 Å². The minimum atomic E-state index is -0.197. The first-order valence-electron chi connectivity index (χ1n) is 9.42. The Morgan fingerprint density at radius 2 is 1.64 bits per heavy atom. The molecule has 0 saturated carbocycles. The molecular formula is C22H24BrN3O2. The normalized spacial score (nSPS) is 14.3. The van der Waals surface area contributed by atoms with E-state index in [-0.39, 0.29) is 11.8 Å². The van der Waals surface area contributed by atoms with Crippen molar-refractivity contribution in [2.75, 3.05) is 37.6 Å². The summed E-state index contributed by atoms with van der Waals surface area (Å²) in [6.07, 6.45) is 3.56. The van der Waals surface area contributed by atoms with Gasteiger partial charge in [0.1, 0.15) is 0 Å². The lowest BCUT2D eigenvalue weighted by molar-refractivity contribution is -0.131. The minimum Gasteiger partial charge on any atom is -0.368 e. The molecular weight excluding hydrogens is 418 g/mol. The fourth-order valence-electron chi connectivity index (χ4n) is 3.14. The van der Waals surface area contributed by atoms with Gasteiger partial charge in [-0.25, -0.2) is 0 Å². The third-order valence-corrected chi connectivity index (χ3v) is 5.43. The predicted molar refractivity (Wildman–Crippen MR) is 116 cm³/mol. The molecule has 1 heterocycles. The first-order chi connectivity index (χ1) is 13.6. The molecule has 1 saturated heterocycles. The summed E-state index contributed by atoms with van der Waals surface area (Å²) in [7, 11) is 0. The molecule has 146 valence electrons. The number of rotatable bonds is 6. The molecule has 6 heteroatoms. The second-order valence-electron chi connectivity index (χ2n) is 6.60. The molecule has 0 aliphatic carbocycles. The summed E-state index contributed by atoms with van der Waals surface area (Å²) in [5.74, 6) is -0.111. The second-order valence-corrected chi connectivity index (χ2v) is 7.45. The quantitative estimate of drug-likeness (QED) is 0.699. The molecule has 2 amide bonds. The summed E-state index contributed by atoms with van der Waals surface area (Å²) in [5.41, 5.74) is 2.13. The Morgan fingerprint density at radius 3 is 2.36 bits per heavy atom. The van der Waals surface area contributed by atoms with Crippen LogP contribution < -0.4 is 10.2 Å². The number of hydrogen-bond acceptors (Lipinski definition) is 3. The van der Waals surface area contributed by atoms with Gasteiger partial charge in [0, 0.05) is 55.4 Å². The van der Waals surface area contributed by atoms with E-state index in [1.807, 2.05) is 47.4 Å². The maximum Gasteiger partial charge on any atom is 0.244 e. The van der Waals surface area contributed by atoms with Crippen molar-refractivity contribution >= 4 is 39.5 Å². The van der Waals surface area contributed by atoms with Gasteiger partial charge in [0.25, 0.3) is 0 Å². The fraction of sp³-hybridized carbons (Fsp3) is 0.273. The molecule has 0 aromatic heterocycles. The number of piperazine rings is 1. The highest BCUT2D eigenvalue weighted by atomic mass is 79.9. The van der Waals surface area contributed by atoms with Gasteiger partial charge in [-0.1, -0.05) is 52.3 Å². The molecule has 0 spiro atoms. The monoisotopic (exact) mass is 441 g/mol. The summed E-state index contributed by atoms with van der Waals surface area (Å²) in [6, 6.07) is 17.9. The molecule has 0 bridgehead atoms. The zero-order chi connectivity index (χ0) is 19.8. The van der Waals surface area contributed by atoms with Crippen LogP contribution in [0.4, 0.5) is 5.69 Å². The highest BCUT2D eigenvalue weighted by molar-refractivity contribution is 9.10. The smallest absolute Gasteiger partial charge is 0.244 e. The molecule has 5 nitrogen and oxygen atoms in total. The number of carbonyl (C=O) groups is 2. The Bertz CT molecular complexity index is 831. The van der Waals surface area contributed by atoms with E-state index in [0.29, 0.717) is 26.1 Å². The van der Waals surface area contributed by atoms with E-state index < -0.39 is 0 Å². The van der Waals surface area contributed by atoms with Crippen molar-refractivity contribution in [3.63, 3.8) is 0 Å². The van der Waals surface area contributed by atoms with Crippen molar-refractivity contribution in [2.24, 2.45) is 0 Å². The van der Waals surface area contributed by atoms with Gasteiger partial charge in [0.2, 0.25) is 11.8 Å². The molecule has 1 aliphatic heterocycles. The SMILES string of the molecule is O=C(/C=C/c1ccccc1Br)NCCC(=O)N1CCN(c2ccccc2)CC1. The van der Waals surface area contributed by atoms with Gasteiger partial charge < -0.3 is 15.1 Å². The number of amides is 2. The lowest BCUT2D eigenvalue weighted by atomic mass is 10.2. The number of halogens is 1. The summed E-state index contributed by atoms with van der Waals surface area (Å²) in [5, 5.41) is 2.78. The Balaban J connectivity index is 1.38. The summed E-state index contributed by atoms with van der Waals surface area (Å²) >= 11 is 3.44. The zero-order valence-corrected chi connectivity index (χ0v) is 17.3. The number of carbonyl (C=O) groups excluding carboxylic acids is 2. The zero-order valence-electron chi connectivity index (χ0n) is 15.7. The van der Waals surface area contributed by atoms with Gasteiger partial charge in [0.15, 0.2) is 0 Å². The van der Waals surface area contributed by atoms with Gasteiger partial charge in [-0.3, -0.25) is 9.59 Å². The maximum absolute atomic E-state index is 12.4. The number of nitrogens with zero attached hydrogens (tertiary/aromatic N) is 2. The van der Waals surface area contributed by atoms with Crippen molar-refractivity contribution in [2.45, 2.75) is 6.42 Å². The molecule has 28 heavy (non-hydrogen) atoms. The van der Waals surface area contributed by atoms with Crippen molar-refractivity contribution in [1.82, 2.24) is 10.2 Å². The van der Waals surface area contributed by atoms with Crippen molar-refractivity contribution in [3.05, 3.63) is 70.7 Å². The molecule has 0 unspecified atom stereocenters. The maximum atomic E-state index is 12.4. The molecule has 2 aromatic rings. The van der Waals surface area contributed by atoms with E-state index >= 15 is 0 Å². The average Bonchev–Trinajstić information content (AvgIpc) is 2.74.